The van der Waals surface area contributed by atoms with E-state index in [1.54, 1.807) is 0 Å². The van der Waals surface area contributed by atoms with Gasteiger partial charge < -0.3 is 5.11 Å². The maximum absolute atomic E-state index is 11.2. The summed E-state index contributed by atoms with van der Waals surface area (Å²) in [6.07, 6.45) is 1.17. The number of likely N-dealkylation sites (tertiary alicyclic amines) is 1. The molecule has 1 rings (SSSR count). The Kier molecular flexibility index (Phi) is 2.65. The summed E-state index contributed by atoms with van der Waals surface area (Å²) >= 11 is 0. The number of carboxylic acids is 1. The summed E-state index contributed by atoms with van der Waals surface area (Å²) in [5, 5.41) is 8.73. The van der Waals surface area contributed by atoms with Crippen molar-refractivity contribution >= 4 is 17.8 Å². The van der Waals surface area contributed by atoms with Crippen molar-refractivity contribution in [2.75, 3.05) is 0 Å². The number of piperidine rings is 1. The molecule has 1 heterocycles. The Morgan fingerprint density at radius 3 is 2.54 bits per heavy atom. The first kappa shape index (κ1) is 9.70. The maximum Gasteiger partial charge on any atom is 0.326 e. The molecule has 0 saturated carbocycles. The molecule has 0 aromatic rings. The van der Waals surface area contributed by atoms with Gasteiger partial charge in [0.2, 0.25) is 11.8 Å². The van der Waals surface area contributed by atoms with E-state index in [9.17, 15) is 14.4 Å². The van der Waals surface area contributed by atoms with Gasteiger partial charge in [-0.1, -0.05) is 0 Å². The predicted molar refractivity (Wildman–Crippen MR) is 42.8 cm³/mol. The van der Waals surface area contributed by atoms with Crippen LogP contribution in [0.15, 0.2) is 0 Å². The lowest BCUT2D eigenvalue weighted by molar-refractivity contribution is -0.159. The molecule has 0 aromatic carbocycles. The molecule has 1 fully saturated rings. The molecule has 0 aliphatic carbocycles. The van der Waals surface area contributed by atoms with Crippen LogP contribution < -0.4 is 0 Å². The Bertz CT molecular complexity index is 261. The lowest BCUT2D eigenvalue weighted by Gasteiger charge is -2.29. The van der Waals surface area contributed by atoms with E-state index >= 15 is 0 Å². The highest BCUT2D eigenvalue weighted by Gasteiger charge is 2.35. The van der Waals surface area contributed by atoms with E-state index in [0.717, 1.165) is 4.90 Å². The molecule has 1 unspecified atom stereocenters. The van der Waals surface area contributed by atoms with E-state index in [-0.39, 0.29) is 12.3 Å². The van der Waals surface area contributed by atoms with Crippen LogP contribution in [0.5, 0.6) is 0 Å². The van der Waals surface area contributed by atoms with Gasteiger partial charge in [-0.15, -0.1) is 0 Å². The minimum Gasteiger partial charge on any atom is -0.480 e. The molecule has 2 amide bonds. The molecule has 0 spiro atoms. The molecule has 1 aliphatic rings. The third-order valence-electron chi connectivity index (χ3n) is 2.07. The number of imide groups is 1. The number of hydrogen-bond donors (Lipinski definition) is 1. The van der Waals surface area contributed by atoms with Crippen LogP contribution >= 0.6 is 0 Å². The standard InChI is InChI=1S/C8H11NO4/c1-5(10)9-6(8(12)13)3-2-4-7(9)11/h6H,2-4H2,1H3,(H,12,13). The molecule has 13 heavy (non-hydrogen) atoms. The minimum atomic E-state index is -1.11. The van der Waals surface area contributed by atoms with Gasteiger partial charge in [0.05, 0.1) is 0 Å². The molecule has 0 radical (unpaired) electrons. The number of carbonyl (C=O) groups excluding carboxylic acids is 2. The predicted octanol–water partition coefficient (Wildman–Crippen LogP) is -0.00140. The van der Waals surface area contributed by atoms with Crippen molar-refractivity contribution in [2.24, 2.45) is 0 Å². The van der Waals surface area contributed by atoms with Crippen molar-refractivity contribution in [3.8, 4) is 0 Å². The van der Waals surface area contributed by atoms with Crippen LogP contribution in [-0.4, -0.2) is 33.8 Å². The molecule has 0 bridgehead atoms. The quantitative estimate of drug-likeness (QED) is 0.623. The molecular weight excluding hydrogens is 174 g/mol. The Labute approximate surface area is 75.3 Å². The second-order valence-corrected chi connectivity index (χ2v) is 3.03. The molecule has 1 aliphatic heterocycles. The second-order valence-electron chi connectivity index (χ2n) is 3.03. The summed E-state index contributed by atoms with van der Waals surface area (Å²) in [5.41, 5.74) is 0. The van der Waals surface area contributed by atoms with E-state index in [1.165, 1.54) is 6.92 Å². The van der Waals surface area contributed by atoms with Gasteiger partial charge in [0.1, 0.15) is 6.04 Å². The molecule has 1 saturated heterocycles. The highest BCUT2D eigenvalue weighted by Crippen LogP contribution is 2.18. The Morgan fingerprint density at radius 2 is 2.15 bits per heavy atom. The first-order valence-electron chi connectivity index (χ1n) is 4.09. The summed E-state index contributed by atoms with van der Waals surface area (Å²) in [7, 11) is 0. The first-order chi connectivity index (χ1) is 6.04. The Morgan fingerprint density at radius 1 is 1.54 bits per heavy atom. The van der Waals surface area contributed by atoms with Crippen LogP contribution in [0.4, 0.5) is 0 Å². The van der Waals surface area contributed by atoms with Crippen LogP contribution in [0.2, 0.25) is 0 Å². The number of nitrogens with zero attached hydrogens (tertiary/aromatic N) is 1. The molecular formula is C8H11NO4. The third kappa shape index (κ3) is 1.85. The van der Waals surface area contributed by atoms with Crippen LogP contribution in [0.3, 0.4) is 0 Å². The minimum absolute atomic E-state index is 0.267. The van der Waals surface area contributed by atoms with E-state index in [2.05, 4.69) is 0 Å². The smallest absolute Gasteiger partial charge is 0.326 e. The average Bonchev–Trinajstić information content (AvgIpc) is 2.02. The van der Waals surface area contributed by atoms with Gasteiger partial charge in [0.15, 0.2) is 0 Å². The van der Waals surface area contributed by atoms with Gasteiger partial charge in [-0.25, -0.2) is 4.79 Å². The highest BCUT2D eigenvalue weighted by molar-refractivity contribution is 5.99. The summed E-state index contributed by atoms with van der Waals surface area (Å²) < 4.78 is 0. The van der Waals surface area contributed by atoms with E-state index in [1.807, 2.05) is 0 Å². The molecule has 1 N–H and O–H groups in total. The normalized spacial score (nSPS) is 23.0. The van der Waals surface area contributed by atoms with Crippen molar-refractivity contribution < 1.29 is 19.5 Å². The molecule has 5 heteroatoms. The largest absolute Gasteiger partial charge is 0.480 e. The lowest BCUT2D eigenvalue weighted by atomic mass is 10.0. The lowest BCUT2D eigenvalue weighted by Crippen LogP contribution is -2.50. The average molecular weight is 185 g/mol. The fourth-order valence-corrected chi connectivity index (χ4v) is 1.50. The summed E-state index contributed by atoms with van der Waals surface area (Å²) in [6, 6.07) is -0.959. The molecule has 1 atom stereocenters. The maximum atomic E-state index is 11.2. The zero-order chi connectivity index (χ0) is 10.0. The number of hydrogen-bond acceptors (Lipinski definition) is 3. The third-order valence-corrected chi connectivity index (χ3v) is 2.07. The van der Waals surface area contributed by atoms with Gasteiger partial charge in [-0.2, -0.15) is 0 Å². The summed E-state index contributed by atoms with van der Waals surface area (Å²) in [5.74, 6) is -1.98. The topological polar surface area (TPSA) is 74.7 Å². The highest BCUT2D eigenvalue weighted by atomic mass is 16.4. The zero-order valence-electron chi connectivity index (χ0n) is 7.32. The van der Waals surface area contributed by atoms with Gasteiger partial charge in [0, 0.05) is 13.3 Å². The van der Waals surface area contributed by atoms with Gasteiger partial charge in [-0.05, 0) is 12.8 Å². The van der Waals surface area contributed by atoms with Crippen LogP contribution in [0, 0.1) is 0 Å². The first-order valence-corrected chi connectivity index (χ1v) is 4.09. The van der Waals surface area contributed by atoms with E-state index < -0.39 is 17.9 Å². The van der Waals surface area contributed by atoms with Crippen LogP contribution in [0.1, 0.15) is 26.2 Å². The van der Waals surface area contributed by atoms with Crippen molar-refractivity contribution in [3.05, 3.63) is 0 Å². The van der Waals surface area contributed by atoms with E-state index in [4.69, 9.17) is 5.11 Å². The molecule has 0 aromatic heterocycles. The van der Waals surface area contributed by atoms with Crippen LogP contribution in [0.25, 0.3) is 0 Å². The number of amides is 2. The van der Waals surface area contributed by atoms with Crippen molar-refractivity contribution in [1.29, 1.82) is 0 Å². The number of aliphatic carboxylic acids is 1. The number of rotatable bonds is 1. The Hall–Kier alpha value is -1.39. The number of carboxylic acid groups (broad SMARTS) is 1. The summed E-state index contributed by atoms with van der Waals surface area (Å²) in [6.45, 7) is 1.21. The fraction of sp³-hybridized carbons (Fsp3) is 0.625. The fourth-order valence-electron chi connectivity index (χ4n) is 1.50. The van der Waals surface area contributed by atoms with E-state index in [0.29, 0.717) is 12.8 Å². The number of carbonyl (C=O) groups is 3. The van der Waals surface area contributed by atoms with Crippen molar-refractivity contribution in [1.82, 2.24) is 4.90 Å². The second kappa shape index (κ2) is 3.55. The van der Waals surface area contributed by atoms with Gasteiger partial charge >= 0.3 is 5.97 Å². The monoisotopic (exact) mass is 185 g/mol. The van der Waals surface area contributed by atoms with Gasteiger partial charge in [0.25, 0.3) is 0 Å². The van der Waals surface area contributed by atoms with Crippen molar-refractivity contribution in [2.45, 2.75) is 32.2 Å². The Balaban J connectivity index is 2.86. The summed E-state index contributed by atoms with van der Waals surface area (Å²) in [4.78, 5) is 33.7. The molecule has 72 valence electrons. The molecule has 5 nitrogen and oxygen atoms in total. The van der Waals surface area contributed by atoms with Gasteiger partial charge in [-0.3, -0.25) is 14.5 Å². The van der Waals surface area contributed by atoms with Crippen molar-refractivity contribution in [3.63, 3.8) is 0 Å². The zero-order valence-corrected chi connectivity index (χ0v) is 7.32. The van der Waals surface area contributed by atoms with Crippen LogP contribution in [-0.2, 0) is 14.4 Å². The SMILES string of the molecule is CC(=O)N1C(=O)CCCC1C(=O)O.